The largest absolute Gasteiger partial charge is 0.306 e. The van der Waals surface area contributed by atoms with Gasteiger partial charge in [0.15, 0.2) is 0 Å². The molecule has 3 aromatic rings. The zero-order valence-corrected chi connectivity index (χ0v) is 15.5. The van der Waals surface area contributed by atoms with Crippen LogP contribution in [0, 0.1) is 0 Å². The van der Waals surface area contributed by atoms with Crippen molar-refractivity contribution in [1.82, 2.24) is 9.78 Å². The van der Waals surface area contributed by atoms with E-state index in [0.29, 0.717) is 22.9 Å². The van der Waals surface area contributed by atoms with Crippen molar-refractivity contribution in [1.29, 1.82) is 0 Å². The van der Waals surface area contributed by atoms with Crippen LogP contribution in [0.25, 0.3) is 5.69 Å². The summed E-state index contributed by atoms with van der Waals surface area (Å²) in [5, 5.41) is 7.53. The first-order valence-electron chi connectivity index (χ1n) is 7.70. The summed E-state index contributed by atoms with van der Waals surface area (Å²) >= 11 is 3.36. The number of rotatable bonds is 3. The molecule has 7 heteroatoms. The van der Waals surface area contributed by atoms with Crippen LogP contribution in [0.3, 0.4) is 0 Å². The number of anilines is 1. The van der Waals surface area contributed by atoms with Gasteiger partial charge in [0.1, 0.15) is 5.82 Å². The van der Waals surface area contributed by atoms with Crippen LogP contribution in [0.15, 0.2) is 59.1 Å². The topological polar surface area (TPSA) is 64.0 Å². The third-order valence-electron chi connectivity index (χ3n) is 4.01. The van der Waals surface area contributed by atoms with Gasteiger partial charge in [-0.2, -0.15) is 5.10 Å². The van der Waals surface area contributed by atoms with Crippen molar-refractivity contribution < 1.29 is 9.00 Å². The predicted molar refractivity (Wildman–Crippen MR) is 101 cm³/mol. The molecule has 25 heavy (non-hydrogen) atoms. The Kier molecular flexibility index (Phi) is 4.27. The number of hydrogen-bond acceptors (Lipinski definition) is 3. The Balaban J connectivity index is 1.74. The summed E-state index contributed by atoms with van der Waals surface area (Å²) in [5.74, 6) is 1.22. The molecule has 5 nitrogen and oxygen atoms in total. The zero-order chi connectivity index (χ0) is 17.4. The van der Waals surface area contributed by atoms with Gasteiger partial charge in [0.05, 0.1) is 22.9 Å². The molecule has 0 saturated carbocycles. The van der Waals surface area contributed by atoms with E-state index in [9.17, 15) is 9.00 Å². The molecule has 0 saturated heterocycles. The Morgan fingerprint density at radius 2 is 1.80 bits per heavy atom. The second kappa shape index (κ2) is 6.57. The zero-order valence-electron chi connectivity index (χ0n) is 13.1. The molecule has 0 aliphatic carbocycles. The number of benzene rings is 2. The highest BCUT2D eigenvalue weighted by molar-refractivity contribution is 9.10. The maximum atomic E-state index is 12.6. The number of nitrogens with one attached hydrogen (secondary N) is 1. The van der Waals surface area contributed by atoms with E-state index in [0.717, 1.165) is 21.4 Å². The van der Waals surface area contributed by atoms with Gasteiger partial charge in [0.2, 0.25) is 0 Å². The normalized spacial score (nSPS) is 15.8. The van der Waals surface area contributed by atoms with Gasteiger partial charge >= 0.3 is 0 Å². The van der Waals surface area contributed by atoms with E-state index in [1.165, 1.54) is 0 Å². The second-order valence-electron chi connectivity index (χ2n) is 5.71. The number of nitrogens with zero attached hydrogens (tertiary/aromatic N) is 2. The lowest BCUT2D eigenvalue weighted by Crippen LogP contribution is -2.16. The number of carbonyl (C=O) groups is 1. The number of amides is 1. The molecule has 1 aliphatic heterocycles. The lowest BCUT2D eigenvalue weighted by atomic mass is 10.2. The molecule has 4 rings (SSSR count). The summed E-state index contributed by atoms with van der Waals surface area (Å²) in [4.78, 5) is 12.6. The van der Waals surface area contributed by atoms with E-state index in [4.69, 9.17) is 0 Å². The molecular weight excluding hydrogens is 402 g/mol. The van der Waals surface area contributed by atoms with Gasteiger partial charge in [0.25, 0.3) is 5.91 Å². The Morgan fingerprint density at radius 1 is 1.08 bits per heavy atom. The Morgan fingerprint density at radius 3 is 2.52 bits per heavy atom. The van der Waals surface area contributed by atoms with Gasteiger partial charge in [-0.25, -0.2) is 4.68 Å². The molecule has 1 amide bonds. The molecule has 1 atom stereocenters. The third-order valence-corrected chi connectivity index (χ3v) is 5.74. The van der Waals surface area contributed by atoms with E-state index < -0.39 is 10.8 Å². The standard InChI is InChI=1S/C18H14BrN3O2S/c19-13-8-6-12(7-9-13)18(23)20-17-15-10-25(24)11-16(15)21-22(17)14-4-2-1-3-5-14/h1-9H,10-11H2,(H,20,23). The summed E-state index contributed by atoms with van der Waals surface area (Å²) in [5.41, 5.74) is 3.05. The van der Waals surface area contributed by atoms with E-state index in [-0.39, 0.29) is 5.91 Å². The van der Waals surface area contributed by atoms with Gasteiger partial charge in [-0.05, 0) is 36.4 Å². The minimum Gasteiger partial charge on any atom is -0.306 e. The lowest BCUT2D eigenvalue weighted by Gasteiger charge is -2.11. The first-order chi connectivity index (χ1) is 12.1. The lowest BCUT2D eigenvalue weighted by molar-refractivity contribution is 0.102. The SMILES string of the molecule is O=C(Nc1c2c(nn1-c1ccccc1)CS(=O)C2)c1ccc(Br)cc1. The number of hydrogen-bond donors (Lipinski definition) is 1. The van der Waals surface area contributed by atoms with Crippen LogP contribution in [0.2, 0.25) is 0 Å². The molecule has 0 fully saturated rings. The van der Waals surface area contributed by atoms with E-state index >= 15 is 0 Å². The van der Waals surface area contributed by atoms with Crippen molar-refractivity contribution in [2.24, 2.45) is 0 Å². The Bertz CT molecular complexity index is 968. The summed E-state index contributed by atoms with van der Waals surface area (Å²) in [6.07, 6.45) is 0. The Labute approximate surface area is 155 Å². The fourth-order valence-electron chi connectivity index (χ4n) is 2.79. The van der Waals surface area contributed by atoms with Gasteiger partial charge in [0, 0.05) is 26.4 Å². The van der Waals surface area contributed by atoms with Crippen LogP contribution < -0.4 is 5.32 Å². The Hall–Kier alpha value is -2.25. The molecular formula is C18H14BrN3O2S. The van der Waals surface area contributed by atoms with Crippen LogP contribution in [-0.2, 0) is 22.3 Å². The first kappa shape index (κ1) is 16.2. The summed E-state index contributed by atoms with van der Waals surface area (Å²) in [7, 11) is -0.959. The maximum Gasteiger partial charge on any atom is 0.256 e. The van der Waals surface area contributed by atoms with E-state index in [1.54, 1.807) is 16.8 Å². The number of para-hydroxylation sites is 1. The molecule has 0 bridgehead atoms. The summed E-state index contributed by atoms with van der Waals surface area (Å²) in [6.45, 7) is 0. The molecule has 0 radical (unpaired) electrons. The van der Waals surface area contributed by atoms with Gasteiger partial charge in [-0.15, -0.1) is 0 Å². The van der Waals surface area contributed by atoms with Crippen LogP contribution in [0.1, 0.15) is 21.6 Å². The fraction of sp³-hybridized carbons (Fsp3) is 0.111. The number of carbonyl (C=O) groups excluding carboxylic acids is 1. The molecule has 126 valence electrons. The highest BCUT2D eigenvalue weighted by Gasteiger charge is 2.28. The van der Waals surface area contributed by atoms with Gasteiger partial charge in [-0.3, -0.25) is 9.00 Å². The highest BCUT2D eigenvalue weighted by atomic mass is 79.9. The van der Waals surface area contributed by atoms with Crippen molar-refractivity contribution in [3.8, 4) is 5.69 Å². The minimum absolute atomic E-state index is 0.218. The molecule has 1 unspecified atom stereocenters. The van der Waals surface area contributed by atoms with Gasteiger partial charge in [-0.1, -0.05) is 34.1 Å². The van der Waals surface area contributed by atoms with Gasteiger partial charge < -0.3 is 5.32 Å². The van der Waals surface area contributed by atoms with Crippen molar-refractivity contribution in [3.05, 3.63) is 75.9 Å². The van der Waals surface area contributed by atoms with Crippen LogP contribution >= 0.6 is 15.9 Å². The quantitative estimate of drug-likeness (QED) is 0.709. The molecule has 1 N–H and O–H groups in total. The molecule has 1 aromatic heterocycles. The number of fused-ring (bicyclic) bond motifs is 1. The van der Waals surface area contributed by atoms with Crippen molar-refractivity contribution in [2.75, 3.05) is 5.32 Å². The summed E-state index contributed by atoms with van der Waals surface area (Å²) < 4.78 is 14.5. The summed E-state index contributed by atoms with van der Waals surface area (Å²) in [6, 6.07) is 16.8. The molecule has 2 aromatic carbocycles. The van der Waals surface area contributed by atoms with E-state index in [2.05, 4.69) is 26.3 Å². The highest BCUT2D eigenvalue weighted by Crippen LogP contribution is 2.31. The average Bonchev–Trinajstić information content (AvgIpc) is 3.13. The smallest absolute Gasteiger partial charge is 0.256 e. The van der Waals surface area contributed by atoms with E-state index in [1.807, 2.05) is 42.5 Å². The molecule has 1 aliphatic rings. The van der Waals surface area contributed by atoms with Crippen LogP contribution in [0.5, 0.6) is 0 Å². The predicted octanol–water partition coefficient (Wildman–Crippen LogP) is 3.65. The second-order valence-corrected chi connectivity index (χ2v) is 8.08. The number of halogens is 1. The monoisotopic (exact) mass is 415 g/mol. The van der Waals surface area contributed by atoms with Crippen LogP contribution in [0.4, 0.5) is 5.82 Å². The fourth-order valence-corrected chi connectivity index (χ4v) is 4.32. The molecule has 2 heterocycles. The van der Waals surface area contributed by atoms with Crippen molar-refractivity contribution >= 4 is 38.5 Å². The molecule has 0 spiro atoms. The first-order valence-corrected chi connectivity index (χ1v) is 9.98. The average molecular weight is 416 g/mol. The van der Waals surface area contributed by atoms with Crippen molar-refractivity contribution in [3.63, 3.8) is 0 Å². The van der Waals surface area contributed by atoms with Crippen molar-refractivity contribution in [2.45, 2.75) is 11.5 Å². The maximum absolute atomic E-state index is 12.6. The number of aromatic nitrogens is 2. The van der Waals surface area contributed by atoms with Crippen LogP contribution in [-0.4, -0.2) is 19.9 Å². The third kappa shape index (κ3) is 3.17. The minimum atomic E-state index is -0.959.